The summed E-state index contributed by atoms with van der Waals surface area (Å²) in [6.45, 7) is 4.45. The Bertz CT molecular complexity index is 468. The lowest BCUT2D eigenvalue weighted by atomic mass is 9.98. The topological polar surface area (TPSA) is 41.6 Å². The molecule has 1 saturated heterocycles. The molecule has 2 aliphatic heterocycles. The zero-order valence-corrected chi connectivity index (χ0v) is 12.7. The maximum absolute atomic E-state index is 12.4. The molecular formula is C15H22N2O2S. The number of nitrogens with one attached hydrogen (secondary N) is 1. The van der Waals surface area contributed by atoms with Crippen LogP contribution >= 0.6 is 11.3 Å². The first-order valence-corrected chi connectivity index (χ1v) is 8.40. The van der Waals surface area contributed by atoms with Crippen LogP contribution in [0.3, 0.4) is 0 Å². The fraction of sp³-hybridized carbons (Fsp3) is 0.667. The van der Waals surface area contributed by atoms with Crippen molar-refractivity contribution in [3.8, 4) is 0 Å². The third kappa shape index (κ3) is 2.69. The van der Waals surface area contributed by atoms with Crippen LogP contribution in [0.15, 0.2) is 11.4 Å². The minimum atomic E-state index is 0.0594. The van der Waals surface area contributed by atoms with Crippen LogP contribution < -0.4 is 5.32 Å². The molecule has 0 aliphatic carbocycles. The molecule has 5 heteroatoms. The third-order valence-electron chi connectivity index (χ3n) is 4.25. The number of urea groups is 1. The van der Waals surface area contributed by atoms with Gasteiger partial charge in [-0.15, -0.1) is 11.3 Å². The molecule has 0 bridgehead atoms. The van der Waals surface area contributed by atoms with Gasteiger partial charge < -0.3 is 15.0 Å². The molecule has 1 aromatic heterocycles. The zero-order chi connectivity index (χ0) is 13.9. The molecule has 3 rings (SSSR count). The van der Waals surface area contributed by atoms with Crippen molar-refractivity contribution in [2.45, 2.75) is 44.8 Å². The molecule has 0 aromatic carbocycles. The summed E-state index contributed by atoms with van der Waals surface area (Å²) in [7, 11) is 0. The van der Waals surface area contributed by atoms with Crippen LogP contribution in [0.2, 0.25) is 0 Å². The van der Waals surface area contributed by atoms with Gasteiger partial charge in [0.2, 0.25) is 0 Å². The van der Waals surface area contributed by atoms with Crippen LogP contribution in [-0.4, -0.2) is 36.7 Å². The minimum absolute atomic E-state index is 0.0594. The monoisotopic (exact) mass is 294 g/mol. The summed E-state index contributed by atoms with van der Waals surface area (Å²) in [5.41, 5.74) is 1.34. The van der Waals surface area contributed by atoms with Gasteiger partial charge in [0.15, 0.2) is 0 Å². The fourth-order valence-corrected chi connectivity index (χ4v) is 4.12. The van der Waals surface area contributed by atoms with E-state index < -0.39 is 0 Å². The van der Waals surface area contributed by atoms with Crippen molar-refractivity contribution in [2.75, 3.05) is 19.7 Å². The fourth-order valence-electron chi connectivity index (χ4n) is 3.19. The molecule has 0 radical (unpaired) electrons. The van der Waals surface area contributed by atoms with Crippen LogP contribution in [0.4, 0.5) is 4.79 Å². The van der Waals surface area contributed by atoms with E-state index in [1.54, 1.807) is 0 Å². The van der Waals surface area contributed by atoms with Gasteiger partial charge in [0.1, 0.15) is 0 Å². The Hall–Kier alpha value is -1.07. The van der Waals surface area contributed by atoms with Crippen LogP contribution in [-0.2, 0) is 11.2 Å². The van der Waals surface area contributed by atoms with Crippen molar-refractivity contribution < 1.29 is 9.53 Å². The lowest BCUT2D eigenvalue weighted by Gasteiger charge is -2.35. The normalized spacial score (nSPS) is 25.6. The van der Waals surface area contributed by atoms with Gasteiger partial charge in [0.05, 0.1) is 12.1 Å². The highest BCUT2D eigenvalue weighted by molar-refractivity contribution is 7.10. The van der Waals surface area contributed by atoms with Crippen LogP contribution in [0, 0.1) is 0 Å². The van der Waals surface area contributed by atoms with Crippen molar-refractivity contribution in [3.05, 3.63) is 21.9 Å². The second kappa shape index (κ2) is 6.14. The first kappa shape index (κ1) is 13.9. The number of fused-ring (bicyclic) bond motifs is 1. The van der Waals surface area contributed by atoms with Gasteiger partial charge in [0.25, 0.3) is 0 Å². The number of hydrogen-bond donors (Lipinski definition) is 1. The number of hydrogen-bond acceptors (Lipinski definition) is 3. The molecule has 110 valence electrons. The van der Waals surface area contributed by atoms with Gasteiger partial charge in [-0.1, -0.05) is 6.92 Å². The van der Waals surface area contributed by atoms with E-state index in [9.17, 15) is 4.79 Å². The van der Waals surface area contributed by atoms with Crippen molar-refractivity contribution in [3.63, 3.8) is 0 Å². The Balaban J connectivity index is 1.62. The van der Waals surface area contributed by atoms with E-state index in [1.165, 1.54) is 10.4 Å². The number of ether oxygens (including phenoxy) is 1. The second-order valence-electron chi connectivity index (χ2n) is 5.49. The van der Waals surface area contributed by atoms with Gasteiger partial charge in [-0.05, 0) is 42.7 Å². The second-order valence-corrected chi connectivity index (χ2v) is 6.49. The summed E-state index contributed by atoms with van der Waals surface area (Å²) in [6.07, 6.45) is 4.33. The van der Waals surface area contributed by atoms with E-state index in [-0.39, 0.29) is 18.2 Å². The lowest BCUT2D eigenvalue weighted by Crippen LogP contribution is -2.46. The Morgan fingerprint density at radius 3 is 3.25 bits per heavy atom. The van der Waals surface area contributed by atoms with E-state index in [0.29, 0.717) is 6.54 Å². The van der Waals surface area contributed by atoms with Gasteiger partial charge in [-0.2, -0.15) is 0 Å². The number of amides is 2. The molecule has 3 heterocycles. The van der Waals surface area contributed by atoms with Gasteiger partial charge in [-0.25, -0.2) is 4.79 Å². The van der Waals surface area contributed by atoms with Crippen LogP contribution in [0.1, 0.15) is 42.7 Å². The predicted octanol–water partition coefficient (Wildman–Crippen LogP) is 2.95. The van der Waals surface area contributed by atoms with Gasteiger partial charge in [-0.3, -0.25) is 0 Å². The van der Waals surface area contributed by atoms with Crippen molar-refractivity contribution >= 4 is 17.4 Å². The Labute approximate surface area is 124 Å². The number of carbonyl (C=O) groups excluding carboxylic acids is 1. The lowest BCUT2D eigenvalue weighted by molar-refractivity contribution is 0.106. The summed E-state index contributed by atoms with van der Waals surface area (Å²) in [4.78, 5) is 15.9. The van der Waals surface area contributed by atoms with Crippen molar-refractivity contribution in [1.29, 1.82) is 0 Å². The molecular weight excluding hydrogens is 272 g/mol. The molecule has 0 spiro atoms. The highest BCUT2D eigenvalue weighted by Gasteiger charge is 2.30. The average Bonchev–Trinajstić information content (AvgIpc) is 3.14. The average molecular weight is 294 g/mol. The Morgan fingerprint density at radius 1 is 1.60 bits per heavy atom. The van der Waals surface area contributed by atoms with Crippen molar-refractivity contribution in [2.24, 2.45) is 0 Å². The molecule has 0 saturated carbocycles. The first-order chi connectivity index (χ1) is 9.79. The third-order valence-corrected chi connectivity index (χ3v) is 5.24. The summed E-state index contributed by atoms with van der Waals surface area (Å²) in [5.74, 6) is 0. The summed E-state index contributed by atoms with van der Waals surface area (Å²) in [5, 5.41) is 5.19. The highest BCUT2D eigenvalue weighted by Crippen LogP contribution is 2.35. The molecule has 1 aromatic rings. The zero-order valence-electron chi connectivity index (χ0n) is 11.9. The maximum atomic E-state index is 12.4. The van der Waals surface area contributed by atoms with Crippen LogP contribution in [0.25, 0.3) is 0 Å². The van der Waals surface area contributed by atoms with Gasteiger partial charge in [0, 0.05) is 24.6 Å². The van der Waals surface area contributed by atoms with Gasteiger partial charge >= 0.3 is 6.03 Å². The van der Waals surface area contributed by atoms with E-state index in [1.807, 2.05) is 16.2 Å². The SMILES string of the molecule is CC[C@@H]1c2ccsc2CCN1C(=O)NC[C@H]1CCCO1. The molecule has 4 nitrogen and oxygen atoms in total. The minimum Gasteiger partial charge on any atom is -0.376 e. The molecule has 20 heavy (non-hydrogen) atoms. The Morgan fingerprint density at radius 2 is 2.50 bits per heavy atom. The molecule has 2 aliphatic rings. The van der Waals surface area contributed by atoms with E-state index in [0.717, 1.165) is 38.8 Å². The van der Waals surface area contributed by atoms with Crippen LogP contribution in [0.5, 0.6) is 0 Å². The number of carbonyl (C=O) groups is 1. The maximum Gasteiger partial charge on any atom is 0.318 e. The number of rotatable bonds is 3. The van der Waals surface area contributed by atoms with Crippen molar-refractivity contribution in [1.82, 2.24) is 10.2 Å². The number of thiophene rings is 1. The van der Waals surface area contributed by atoms with E-state index in [4.69, 9.17) is 4.74 Å². The standard InChI is InChI=1S/C15H22N2O2S/c1-2-13-12-6-9-20-14(12)5-7-17(13)15(18)16-10-11-4-3-8-19-11/h6,9,11,13H,2-5,7-8,10H2,1H3,(H,16,18)/t11-,13-/m1/s1. The quantitative estimate of drug-likeness (QED) is 0.931. The molecule has 0 unspecified atom stereocenters. The molecule has 1 fully saturated rings. The first-order valence-electron chi connectivity index (χ1n) is 7.52. The summed E-state index contributed by atoms with van der Waals surface area (Å²) >= 11 is 1.81. The van der Waals surface area contributed by atoms with E-state index in [2.05, 4.69) is 23.7 Å². The smallest absolute Gasteiger partial charge is 0.318 e. The molecule has 2 atom stereocenters. The highest BCUT2D eigenvalue weighted by atomic mass is 32.1. The Kier molecular flexibility index (Phi) is 4.27. The predicted molar refractivity (Wildman–Crippen MR) is 80.1 cm³/mol. The number of nitrogens with zero attached hydrogens (tertiary/aromatic N) is 1. The summed E-state index contributed by atoms with van der Waals surface area (Å²) in [6, 6.07) is 2.46. The molecule has 1 N–H and O–H groups in total. The van der Waals surface area contributed by atoms with E-state index >= 15 is 0 Å². The largest absolute Gasteiger partial charge is 0.376 e. The summed E-state index contributed by atoms with van der Waals surface area (Å²) < 4.78 is 5.56. The molecule has 2 amide bonds.